The fraction of sp³-hybridized carbons (Fsp3) is 0.267. The summed E-state index contributed by atoms with van der Waals surface area (Å²) < 4.78 is 0. The Balaban J connectivity index is 0.000000486. The van der Waals surface area contributed by atoms with Crippen molar-refractivity contribution in [3.63, 3.8) is 0 Å². The van der Waals surface area contributed by atoms with Crippen LogP contribution < -0.4 is 5.73 Å². The Kier molecular flexibility index (Phi) is 11.4. The number of thiol groups is 1. The Hall–Kier alpha value is -1.50. The lowest BCUT2D eigenvalue weighted by Crippen LogP contribution is -1.82. The van der Waals surface area contributed by atoms with Crippen LogP contribution in [0.5, 0.6) is 5.75 Å². The van der Waals surface area contributed by atoms with E-state index in [-0.39, 0.29) is 6.41 Å². The summed E-state index contributed by atoms with van der Waals surface area (Å²) in [7, 11) is 0. The Morgan fingerprint density at radius 2 is 1.95 bits per heavy atom. The lowest BCUT2D eigenvalue weighted by molar-refractivity contribution is -0.106. The molecule has 0 radical (unpaired) electrons. The van der Waals surface area contributed by atoms with E-state index < -0.39 is 0 Å². The topological polar surface area (TPSA) is 83.5 Å². The monoisotopic (exact) mass is 327 g/mol. The van der Waals surface area contributed by atoms with Crippen molar-refractivity contribution in [3.05, 3.63) is 40.6 Å². The molecule has 21 heavy (non-hydrogen) atoms. The molecular weight excluding hydrogens is 306 g/mol. The molecule has 0 atom stereocenters. The van der Waals surface area contributed by atoms with E-state index in [4.69, 9.17) is 9.90 Å². The van der Waals surface area contributed by atoms with Crippen LogP contribution >= 0.6 is 24.0 Å². The second-order valence-electron chi connectivity index (χ2n) is 3.87. The van der Waals surface area contributed by atoms with Crippen molar-refractivity contribution in [2.75, 3.05) is 6.61 Å². The molecule has 4 N–H and O–H groups in total. The summed E-state index contributed by atoms with van der Waals surface area (Å²) in [6.07, 6.45) is 1.12. The van der Waals surface area contributed by atoms with Gasteiger partial charge in [-0.05, 0) is 41.1 Å². The molecular formula is C15H21NO3S2. The van der Waals surface area contributed by atoms with E-state index in [0.29, 0.717) is 12.4 Å². The van der Waals surface area contributed by atoms with Gasteiger partial charge in [-0.3, -0.25) is 4.79 Å². The second-order valence-corrected chi connectivity index (χ2v) is 5.18. The van der Waals surface area contributed by atoms with Crippen molar-refractivity contribution in [3.8, 4) is 16.9 Å². The normalized spacial score (nSPS) is 8.90. The fourth-order valence-electron chi connectivity index (χ4n) is 1.30. The highest BCUT2D eigenvalue weighted by Gasteiger charge is 2.01. The number of hydrogen-bond donors (Lipinski definition) is 4. The molecule has 0 aliphatic carbocycles. The highest BCUT2D eigenvalue weighted by molar-refractivity contribution is 7.79. The number of hydrogen-bond acceptors (Lipinski definition) is 5. The number of benzene rings is 1. The van der Waals surface area contributed by atoms with E-state index >= 15 is 0 Å². The third-order valence-corrected chi connectivity index (χ3v) is 3.70. The fourth-order valence-corrected chi connectivity index (χ4v) is 2.37. The van der Waals surface area contributed by atoms with E-state index in [2.05, 4.69) is 29.8 Å². The largest absolute Gasteiger partial charge is 0.508 e. The van der Waals surface area contributed by atoms with Crippen molar-refractivity contribution >= 4 is 30.4 Å². The number of phenolic OH excluding ortho intramolecular Hbond substituents is 1. The van der Waals surface area contributed by atoms with Crippen LogP contribution in [-0.4, -0.2) is 23.2 Å². The summed E-state index contributed by atoms with van der Waals surface area (Å²) in [5, 5.41) is 19.3. The first kappa shape index (κ1) is 19.5. The third-order valence-electron chi connectivity index (χ3n) is 2.21. The van der Waals surface area contributed by atoms with Crippen LogP contribution in [0.4, 0.5) is 0 Å². The van der Waals surface area contributed by atoms with Crippen molar-refractivity contribution in [2.24, 2.45) is 5.73 Å². The van der Waals surface area contributed by atoms with Crippen LogP contribution in [0.3, 0.4) is 0 Å². The molecule has 6 heteroatoms. The van der Waals surface area contributed by atoms with Crippen LogP contribution in [0.25, 0.3) is 11.1 Å². The maximum absolute atomic E-state index is 9.33. The molecule has 4 nitrogen and oxygen atoms in total. The number of aromatic hydroxyl groups is 1. The summed E-state index contributed by atoms with van der Waals surface area (Å²) in [5.41, 5.74) is 6.37. The lowest BCUT2D eigenvalue weighted by atomic mass is 10.1. The smallest absolute Gasteiger partial charge is 0.204 e. The predicted molar refractivity (Wildman–Crippen MR) is 91.7 cm³/mol. The van der Waals surface area contributed by atoms with Gasteiger partial charge in [-0.25, -0.2) is 0 Å². The summed E-state index contributed by atoms with van der Waals surface area (Å²) in [6, 6.07) is 9.39. The van der Waals surface area contributed by atoms with Gasteiger partial charge in [0.05, 0.1) is 0 Å². The van der Waals surface area contributed by atoms with Gasteiger partial charge in [0.25, 0.3) is 0 Å². The number of aliphatic hydroxyl groups is 1. The zero-order valence-electron chi connectivity index (χ0n) is 11.9. The molecule has 0 fully saturated rings. The molecule has 0 aliphatic rings. The Morgan fingerprint density at radius 1 is 1.33 bits per heavy atom. The molecule has 0 aliphatic heterocycles. The summed E-state index contributed by atoms with van der Waals surface area (Å²) in [6.45, 7) is 2.25. The van der Waals surface area contributed by atoms with Gasteiger partial charge in [0, 0.05) is 17.2 Å². The van der Waals surface area contributed by atoms with E-state index in [0.717, 1.165) is 23.3 Å². The van der Waals surface area contributed by atoms with Gasteiger partial charge < -0.3 is 15.9 Å². The number of phenols is 1. The molecule has 2 aromatic rings. The van der Waals surface area contributed by atoms with Crippen molar-refractivity contribution < 1.29 is 15.0 Å². The first-order valence-electron chi connectivity index (χ1n) is 6.36. The van der Waals surface area contributed by atoms with Crippen LogP contribution in [0.2, 0.25) is 0 Å². The minimum Gasteiger partial charge on any atom is -0.508 e. The molecule has 1 heterocycles. The van der Waals surface area contributed by atoms with Crippen molar-refractivity contribution in [1.82, 2.24) is 0 Å². The van der Waals surface area contributed by atoms with Gasteiger partial charge in [0.15, 0.2) is 0 Å². The van der Waals surface area contributed by atoms with Crippen LogP contribution in [0, 0.1) is 0 Å². The molecule has 0 bridgehead atoms. The Bertz CT molecular complexity index is 513. The zero-order chi connectivity index (χ0) is 16.1. The Morgan fingerprint density at radius 3 is 2.38 bits per heavy atom. The first-order valence-corrected chi connectivity index (χ1v) is 7.88. The number of thiophene rings is 1. The molecule has 2 rings (SSSR count). The van der Waals surface area contributed by atoms with Gasteiger partial charge in [0.2, 0.25) is 6.41 Å². The summed E-state index contributed by atoms with van der Waals surface area (Å²) in [4.78, 5) is 9.83. The number of aliphatic hydroxyl groups excluding tert-OH is 1. The number of rotatable bonds is 3. The average molecular weight is 327 g/mol. The quantitative estimate of drug-likeness (QED) is 0.516. The highest BCUT2D eigenvalue weighted by Crippen LogP contribution is 2.28. The van der Waals surface area contributed by atoms with Crippen molar-refractivity contribution in [2.45, 2.75) is 19.1 Å². The minimum absolute atomic E-state index is 0.250. The third kappa shape index (κ3) is 8.39. The predicted octanol–water partition coefficient (Wildman–Crippen LogP) is 3.04. The average Bonchev–Trinajstić information content (AvgIpc) is 2.97. The Labute approximate surface area is 134 Å². The van der Waals surface area contributed by atoms with Crippen LogP contribution in [0.15, 0.2) is 35.7 Å². The molecule has 1 aromatic heterocycles. The van der Waals surface area contributed by atoms with Gasteiger partial charge in [0.1, 0.15) is 5.75 Å². The van der Waals surface area contributed by atoms with Crippen molar-refractivity contribution in [1.29, 1.82) is 0 Å². The second kappa shape index (κ2) is 12.3. The van der Waals surface area contributed by atoms with Gasteiger partial charge in [-0.1, -0.05) is 19.1 Å². The first-order chi connectivity index (χ1) is 10.1. The molecule has 1 amide bonds. The summed E-state index contributed by atoms with van der Waals surface area (Å²) >= 11 is 5.91. The number of carbonyl (C=O) groups excluding carboxylic acids is 1. The van der Waals surface area contributed by atoms with Crippen LogP contribution in [-0.2, 0) is 10.5 Å². The minimum atomic E-state index is 0.250. The van der Waals surface area contributed by atoms with Gasteiger partial charge >= 0.3 is 0 Å². The maximum Gasteiger partial charge on any atom is 0.204 e. The molecule has 0 saturated carbocycles. The van der Waals surface area contributed by atoms with Crippen LogP contribution in [0.1, 0.15) is 18.2 Å². The van der Waals surface area contributed by atoms with Gasteiger partial charge in [-0.2, -0.15) is 12.6 Å². The SMILES string of the molecule is CCCO.NC=O.Oc1cccc(-c2csc(CS)c2)c1. The molecule has 0 spiro atoms. The number of nitrogens with two attached hydrogens (primary N) is 1. The zero-order valence-corrected chi connectivity index (χ0v) is 13.6. The highest BCUT2D eigenvalue weighted by atomic mass is 32.1. The van der Waals surface area contributed by atoms with E-state index in [9.17, 15) is 5.11 Å². The molecule has 1 aromatic carbocycles. The van der Waals surface area contributed by atoms with E-state index in [1.54, 1.807) is 23.5 Å². The lowest BCUT2D eigenvalue weighted by Gasteiger charge is -1.97. The van der Waals surface area contributed by atoms with E-state index in [1.165, 1.54) is 4.88 Å². The van der Waals surface area contributed by atoms with Gasteiger partial charge in [-0.15, -0.1) is 11.3 Å². The molecule has 0 unspecified atom stereocenters. The summed E-state index contributed by atoms with van der Waals surface area (Å²) in [5.74, 6) is 1.07. The standard InChI is InChI=1S/C11H10OS2.C3H8O.CH3NO/c12-10-3-1-2-8(4-10)9-5-11(6-13)14-7-9;1-2-3-4;2-1-3/h1-5,7,12-13H,6H2;4H,2-3H2,1H3;1H,(H2,2,3). The number of amides is 1. The van der Waals surface area contributed by atoms with E-state index in [1.807, 2.05) is 19.1 Å². The number of primary amides is 1. The maximum atomic E-state index is 9.33. The molecule has 116 valence electrons. The number of carbonyl (C=O) groups is 1. The molecule has 0 saturated heterocycles.